The van der Waals surface area contributed by atoms with E-state index in [4.69, 9.17) is 0 Å². The normalized spacial score (nSPS) is 11.1. The van der Waals surface area contributed by atoms with Gasteiger partial charge in [-0.05, 0) is 30.2 Å². The van der Waals surface area contributed by atoms with Gasteiger partial charge in [0.15, 0.2) is 5.65 Å². The molecule has 5 rings (SSSR count). The third-order valence-corrected chi connectivity index (χ3v) is 5.13. The highest BCUT2D eigenvalue weighted by atomic mass is 15.2. The first kappa shape index (κ1) is 18.1. The summed E-state index contributed by atoms with van der Waals surface area (Å²) < 4.78 is 2.09. The summed E-state index contributed by atoms with van der Waals surface area (Å²) in [6.45, 7) is 2.69. The van der Waals surface area contributed by atoms with Crippen molar-refractivity contribution in [1.82, 2.24) is 29.5 Å². The third kappa shape index (κ3) is 3.41. The van der Waals surface area contributed by atoms with Gasteiger partial charge in [0.2, 0.25) is 0 Å². The van der Waals surface area contributed by atoms with E-state index >= 15 is 0 Å². The first-order chi connectivity index (χ1) is 14.7. The molecule has 1 N–H and O–H groups in total. The van der Waals surface area contributed by atoms with Crippen LogP contribution in [0.2, 0.25) is 0 Å². The molecule has 4 heterocycles. The second-order valence-corrected chi connectivity index (χ2v) is 7.35. The summed E-state index contributed by atoms with van der Waals surface area (Å²) in [5.74, 6) is 0.919. The molecule has 0 fully saturated rings. The van der Waals surface area contributed by atoms with Gasteiger partial charge in [-0.2, -0.15) is 5.10 Å². The fourth-order valence-electron chi connectivity index (χ4n) is 3.47. The first-order valence-electron chi connectivity index (χ1n) is 9.73. The molecule has 0 unspecified atom stereocenters. The zero-order chi connectivity index (χ0) is 20.5. The number of nitrogens with one attached hydrogen (secondary N) is 1. The van der Waals surface area contributed by atoms with Crippen LogP contribution >= 0.6 is 0 Å². The van der Waals surface area contributed by atoms with Gasteiger partial charge in [0.05, 0.1) is 36.0 Å². The minimum atomic E-state index is 0.655. The second kappa shape index (κ2) is 7.44. The lowest BCUT2D eigenvalue weighted by molar-refractivity contribution is 0.852. The van der Waals surface area contributed by atoms with Crippen LogP contribution in [0.25, 0.3) is 28.2 Å². The average Bonchev–Trinajstić information content (AvgIpc) is 3.44. The Morgan fingerprint density at radius 2 is 1.73 bits per heavy atom. The van der Waals surface area contributed by atoms with Gasteiger partial charge in [0.1, 0.15) is 5.82 Å². The van der Waals surface area contributed by atoms with Gasteiger partial charge in [-0.25, -0.2) is 9.97 Å². The van der Waals surface area contributed by atoms with Crippen LogP contribution in [0.1, 0.15) is 11.3 Å². The number of imidazole rings is 1. The van der Waals surface area contributed by atoms with E-state index < -0.39 is 0 Å². The smallest absolute Gasteiger partial charge is 0.155 e. The highest BCUT2D eigenvalue weighted by molar-refractivity contribution is 5.68. The summed E-state index contributed by atoms with van der Waals surface area (Å²) in [6.07, 6.45) is 9.38. The zero-order valence-corrected chi connectivity index (χ0v) is 16.8. The maximum absolute atomic E-state index is 4.58. The predicted molar refractivity (Wildman–Crippen MR) is 117 cm³/mol. The number of hydrogen-bond donors (Lipinski definition) is 1. The fraction of sp³-hybridized carbons (Fsp3) is 0.130. The van der Waals surface area contributed by atoms with Crippen molar-refractivity contribution in [2.24, 2.45) is 0 Å². The molecule has 0 spiro atoms. The van der Waals surface area contributed by atoms with Gasteiger partial charge in [0, 0.05) is 31.2 Å². The van der Waals surface area contributed by atoms with Crippen LogP contribution in [0.15, 0.2) is 73.4 Å². The molecule has 7 heteroatoms. The number of fused-ring (bicyclic) bond motifs is 1. The Bertz CT molecular complexity index is 1270. The molecule has 0 atom stereocenters. The van der Waals surface area contributed by atoms with Crippen molar-refractivity contribution < 1.29 is 0 Å². The largest absolute Gasteiger partial charge is 0.354 e. The van der Waals surface area contributed by atoms with Gasteiger partial charge >= 0.3 is 0 Å². The van der Waals surface area contributed by atoms with Crippen LogP contribution in [-0.2, 0) is 6.54 Å². The van der Waals surface area contributed by atoms with E-state index in [1.54, 1.807) is 6.20 Å². The van der Waals surface area contributed by atoms with Gasteiger partial charge < -0.3 is 4.90 Å². The summed E-state index contributed by atoms with van der Waals surface area (Å²) in [4.78, 5) is 15.7. The molecular weight excluding hydrogens is 374 g/mol. The summed E-state index contributed by atoms with van der Waals surface area (Å²) in [6, 6.07) is 14.4. The predicted octanol–water partition coefficient (Wildman–Crippen LogP) is 4.13. The van der Waals surface area contributed by atoms with Crippen molar-refractivity contribution in [3.05, 3.63) is 84.7 Å². The Morgan fingerprint density at radius 1 is 0.900 bits per heavy atom. The number of aromatic nitrogens is 6. The van der Waals surface area contributed by atoms with Crippen LogP contribution in [0.3, 0.4) is 0 Å². The van der Waals surface area contributed by atoms with Crippen molar-refractivity contribution in [2.45, 2.75) is 13.5 Å². The molecule has 0 aliphatic carbocycles. The minimum absolute atomic E-state index is 0.655. The number of hydrogen-bond acceptors (Lipinski definition) is 5. The molecular formula is C23H21N7. The molecule has 0 aliphatic heterocycles. The summed E-state index contributed by atoms with van der Waals surface area (Å²) in [5.41, 5.74) is 7.13. The van der Waals surface area contributed by atoms with Crippen LogP contribution in [0, 0.1) is 6.92 Å². The second-order valence-electron chi connectivity index (χ2n) is 7.35. The number of benzene rings is 1. The van der Waals surface area contributed by atoms with Crippen LogP contribution in [0.5, 0.6) is 0 Å². The Morgan fingerprint density at radius 3 is 2.47 bits per heavy atom. The van der Waals surface area contributed by atoms with Crippen molar-refractivity contribution in [2.75, 3.05) is 11.9 Å². The summed E-state index contributed by atoms with van der Waals surface area (Å²) in [7, 11) is 2.02. The van der Waals surface area contributed by atoms with Crippen molar-refractivity contribution in [3.63, 3.8) is 0 Å². The fourth-order valence-corrected chi connectivity index (χ4v) is 3.47. The molecule has 4 aromatic heterocycles. The van der Waals surface area contributed by atoms with E-state index in [0.717, 1.165) is 45.2 Å². The number of pyridine rings is 1. The van der Waals surface area contributed by atoms with Gasteiger partial charge in [-0.15, -0.1) is 0 Å². The number of nitrogens with zero attached hydrogens (tertiary/aromatic N) is 6. The molecule has 5 aromatic rings. The Hall–Kier alpha value is -4.00. The SMILES string of the molecule is Cc1ccc(N(C)Cc2cn3c(-c4ccc(-c5ccn[nH]5)cc4)cnc3cn2)nc1. The highest BCUT2D eigenvalue weighted by Crippen LogP contribution is 2.25. The summed E-state index contributed by atoms with van der Waals surface area (Å²) >= 11 is 0. The van der Waals surface area contributed by atoms with Crippen LogP contribution in [0.4, 0.5) is 5.82 Å². The Balaban J connectivity index is 1.43. The van der Waals surface area contributed by atoms with E-state index in [2.05, 4.69) is 64.8 Å². The lowest BCUT2D eigenvalue weighted by Crippen LogP contribution is -2.18. The molecule has 0 amide bonds. The van der Waals surface area contributed by atoms with Crippen molar-refractivity contribution >= 4 is 11.5 Å². The molecule has 0 bridgehead atoms. The van der Waals surface area contributed by atoms with E-state index in [9.17, 15) is 0 Å². The highest BCUT2D eigenvalue weighted by Gasteiger charge is 2.10. The molecule has 7 nitrogen and oxygen atoms in total. The van der Waals surface area contributed by atoms with Crippen molar-refractivity contribution in [1.29, 1.82) is 0 Å². The Kier molecular flexibility index (Phi) is 4.48. The van der Waals surface area contributed by atoms with Gasteiger partial charge in [0.25, 0.3) is 0 Å². The number of aryl methyl sites for hydroxylation is 1. The Labute approximate surface area is 174 Å². The molecule has 0 radical (unpaired) electrons. The van der Waals surface area contributed by atoms with Crippen molar-refractivity contribution in [3.8, 4) is 22.5 Å². The topological polar surface area (TPSA) is 75.0 Å². The average molecular weight is 395 g/mol. The van der Waals surface area contributed by atoms with Crippen LogP contribution < -0.4 is 4.90 Å². The monoisotopic (exact) mass is 395 g/mol. The van der Waals surface area contributed by atoms with Gasteiger partial charge in [-0.1, -0.05) is 30.3 Å². The lowest BCUT2D eigenvalue weighted by Gasteiger charge is -2.18. The number of rotatable bonds is 5. The van der Waals surface area contributed by atoms with E-state index in [1.807, 2.05) is 50.9 Å². The van der Waals surface area contributed by atoms with Gasteiger partial charge in [-0.3, -0.25) is 14.5 Å². The number of H-pyrrole nitrogens is 1. The standard InChI is InChI=1S/C23H21N7/c1-16-3-8-22(25-11-16)29(2)14-19-15-30-21(12-26-23(30)13-24-19)18-6-4-17(5-7-18)20-9-10-27-28-20/h3-13,15H,14H2,1-2H3,(H,27,28). The maximum atomic E-state index is 4.58. The first-order valence-corrected chi connectivity index (χ1v) is 9.73. The molecule has 0 aliphatic rings. The van der Waals surface area contributed by atoms with Crippen LogP contribution in [-0.4, -0.2) is 36.6 Å². The quantitative estimate of drug-likeness (QED) is 0.484. The minimum Gasteiger partial charge on any atom is -0.354 e. The lowest BCUT2D eigenvalue weighted by atomic mass is 10.1. The molecule has 30 heavy (non-hydrogen) atoms. The zero-order valence-electron chi connectivity index (χ0n) is 16.8. The van der Waals surface area contributed by atoms with E-state index in [-0.39, 0.29) is 0 Å². The number of anilines is 1. The number of aromatic amines is 1. The van der Waals surface area contributed by atoms with E-state index in [0.29, 0.717) is 6.54 Å². The summed E-state index contributed by atoms with van der Waals surface area (Å²) in [5, 5.41) is 7.01. The molecule has 1 aromatic carbocycles. The molecule has 0 saturated carbocycles. The maximum Gasteiger partial charge on any atom is 0.155 e. The molecule has 0 saturated heterocycles. The van der Waals surface area contributed by atoms with E-state index in [1.165, 1.54) is 0 Å². The molecule has 148 valence electrons. The third-order valence-electron chi connectivity index (χ3n) is 5.13.